The van der Waals surface area contributed by atoms with Crippen molar-refractivity contribution in [3.8, 4) is 0 Å². The van der Waals surface area contributed by atoms with Gasteiger partial charge in [0.05, 0.1) is 11.8 Å². The summed E-state index contributed by atoms with van der Waals surface area (Å²) >= 11 is 2.13. The quantitative estimate of drug-likeness (QED) is 0.821. The Morgan fingerprint density at radius 1 is 1.56 bits per heavy atom. The first-order chi connectivity index (χ1) is 7.59. The molecule has 84 valence electrons. The van der Waals surface area contributed by atoms with Crippen molar-refractivity contribution in [2.75, 3.05) is 5.73 Å². The maximum Gasteiger partial charge on any atom is 0.305 e. The van der Waals surface area contributed by atoms with Gasteiger partial charge in [-0.25, -0.2) is 9.97 Å². The van der Waals surface area contributed by atoms with Gasteiger partial charge in [-0.3, -0.25) is 4.79 Å². The van der Waals surface area contributed by atoms with E-state index in [0.717, 1.165) is 8.96 Å². The molecule has 6 nitrogen and oxygen atoms in total. The molecule has 0 aliphatic rings. The van der Waals surface area contributed by atoms with Gasteiger partial charge in [0, 0.05) is 16.3 Å². The number of anilines is 1. The Balaban J connectivity index is 2.47. The van der Waals surface area contributed by atoms with E-state index < -0.39 is 5.97 Å². The lowest BCUT2D eigenvalue weighted by molar-refractivity contribution is -0.137. The molecule has 0 atom stereocenters. The van der Waals surface area contributed by atoms with Crippen LogP contribution in [0.4, 0.5) is 5.82 Å². The van der Waals surface area contributed by atoms with Gasteiger partial charge in [-0.05, 0) is 22.6 Å². The predicted molar refractivity (Wildman–Crippen MR) is 66.9 cm³/mol. The summed E-state index contributed by atoms with van der Waals surface area (Å²) in [7, 11) is 0. The van der Waals surface area contributed by atoms with Gasteiger partial charge in [0.2, 0.25) is 0 Å². The van der Waals surface area contributed by atoms with Gasteiger partial charge in [-0.15, -0.1) is 0 Å². The summed E-state index contributed by atoms with van der Waals surface area (Å²) in [6.07, 6.45) is 3.27. The number of hydrogen-bond acceptors (Lipinski definition) is 4. The lowest BCUT2D eigenvalue weighted by Crippen LogP contribution is -2.04. The van der Waals surface area contributed by atoms with Crippen molar-refractivity contribution in [3.05, 3.63) is 16.1 Å². The molecular weight excluding hydrogens is 323 g/mol. The monoisotopic (exact) mass is 332 g/mol. The number of carboxylic acid groups (broad SMARTS) is 1. The van der Waals surface area contributed by atoms with Gasteiger partial charge >= 0.3 is 5.97 Å². The van der Waals surface area contributed by atoms with Gasteiger partial charge < -0.3 is 15.4 Å². The smallest absolute Gasteiger partial charge is 0.305 e. The molecule has 7 heteroatoms. The molecule has 0 aliphatic carbocycles. The summed E-state index contributed by atoms with van der Waals surface area (Å²) in [6.45, 7) is 0.380. The van der Waals surface area contributed by atoms with Crippen LogP contribution in [0.3, 0.4) is 0 Å². The summed E-state index contributed by atoms with van der Waals surface area (Å²) in [6, 6.07) is 0. The van der Waals surface area contributed by atoms with Crippen LogP contribution in [0.15, 0.2) is 12.5 Å². The number of aromatic nitrogens is 3. The van der Waals surface area contributed by atoms with E-state index in [2.05, 4.69) is 32.6 Å². The number of fused-ring (bicyclic) bond motifs is 1. The number of nitrogens with zero attached hydrogens (tertiary/aromatic N) is 3. The molecule has 0 amide bonds. The molecule has 0 aromatic carbocycles. The van der Waals surface area contributed by atoms with E-state index >= 15 is 0 Å². The molecule has 16 heavy (non-hydrogen) atoms. The molecule has 0 saturated carbocycles. The average Bonchev–Trinajstić information content (AvgIpc) is 2.54. The van der Waals surface area contributed by atoms with Gasteiger partial charge in [-0.1, -0.05) is 0 Å². The Bertz CT molecular complexity index is 552. The number of carboxylic acids is 1. The molecule has 0 aliphatic heterocycles. The van der Waals surface area contributed by atoms with Gasteiger partial charge in [0.15, 0.2) is 0 Å². The first-order valence-electron chi connectivity index (χ1n) is 4.56. The maximum atomic E-state index is 10.5. The second-order valence-electron chi connectivity index (χ2n) is 3.27. The van der Waals surface area contributed by atoms with Crippen molar-refractivity contribution in [2.24, 2.45) is 0 Å². The number of nitrogen functional groups attached to an aromatic ring is 1. The van der Waals surface area contributed by atoms with Crippen LogP contribution in [-0.2, 0) is 11.3 Å². The highest BCUT2D eigenvalue weighted by Crippen LogP contribution is 2.25. The lowest BCUT2D eigenvalue weighted by atomic mass is 10.4. The first-order valence-corrected chi connectivity index (χ1v) is 5.64. The summed E-state index contributed by atoms with van der Waals surface area (Å²) in [5.41, 5.74) is 6.42. The number of aliphatic carboxylic acids is 1. The molecule has 0 saturated heterocycles. The fourth-order valence-electron chi connectivity index (χ4n) is 1.49. The molecule has 3 N–H and O–H groups in total. The maximum absolute atomic E-state index is 10.5. The highest BCUT2D eigenvalue weighted by atomic mass is 127. The molecule has 0 radical (unpaired) electrons. The van der Waals surface area contributed by atoms with E-state index in [1.165, 1.54) is 6.33 Å². The zero-order valence-corrected chi connectivity index (χ0v) is 10.4. The van der Waals surface area contributed by atoms with Crippen molar-refractivity contribution in [1.82, 2.24) is 14.5 Å². The number of halogens is 1. The van der Waals surface area contributed by atoms with E-state index in [1.807, 2.05) is 6.20 Å². The van der Waals surface area contributed by atoms with Crippen LogP contribution in [0.1, 0.15) is 6.42 Å². The third-order valence-corrected chi connectivity index (χ3v) is 3.02. The third kappa shape index (κ3) is 1.94. The highest BCUT2D eigenvalue weighted by Gasteiger charge is 2.11. The Morgan fingerprint density at radius 2 is 2.31 bits per heavy atom. The number of hydrogen-bond donors (Lipinski definition) is 2. The minimum Gasteiger partial charge on any atom is -0.481 e. The van der Waals surface area contributed by atoms with E-state index in [-0.39, 0.29) is 6.42 Å². The van der Waals surface area contributed by atoms with Crippen LogP contribution in [0.2, 0.25) is 0 Å². The summed E-state index contributed by atoms with van der Waals surface area (Å²) in [5.74, 6) is -0.414. The summed E-state index contributed by atoms with van der Waals surface area (Å²) in [5, 5.41) is 9.42. The first kappa shape index (κ1) is 11.1. The number of carbonyl (C=O) groups is 1. The molecule has 2 aromatic heterocycles. The minimum atomic E-state index is -0.834. The van der Waals surface area contributed by atoms with Crippen molar-refractivity contribution >= 4 is 45.4 Å². The van der Waals surface area contributed by atoms with Crippen molar-refractivity contribution in [3.63, 3.8) is 0 Å². The molecule has 2 aromatic rings. The summed E-state index contributed by atoms with van der Waals surface area (Å²) < 4.78 is 2.71. The van der Waals surface area contributed by atoms with Gasteiger partial charge in [0.1, 0.15) is 17.8 Å². The van der Waals surface area contributed by atoms with Crippen LogP contribution in [0.5, 0.6) is 0 Å². The lowest BCUT2D eigenvalue weighted by Gasteiger charge is -2.01. The second-order valence-corrected chi connectivity index (χ2v) is 4.43. The minimum absolute atomic E-state index is 0.0593. The van der Waals surface area contributed by atoms with Gasteiger partial charge in [-0.2, -0.15) is 0 Å². The molecule has 0 spiro atoms. The standard InChI is InChI=1S/C9H9IN4O2/c10-5-3-14(2-1-6(15)16)9-7(5)8(11)12-4-13-9/h3-4H,1-2H2,(H,15,16)(H2,11,12,13). The largest absolute Gasteiger partial charge is 0.481 e. The van der Waals surface area contributed by atoms with Crippen LogP contribution in [0, 0.1) is 3.57 Å². The van der Waals surface area contributed by atoms with E-state index in [0.29, 0.717) is 18.0 Å². The van der Waals surface area contributed by atoms with E-state index in [4.69, 9.17) is 10.8 Å². The van der Waals surface area contributed by atoms with Crippen LogP contribution >= 0.6 is 22.6 Å². The second kappa shape index (κ2) is 4.24. The zero-order valence-electron chi connectivity index (χ0n) is 8.22. The fourth-order valence-corrected chi connectivity index (χ4v) is 2.34. The predicted octanol–water partition coefficient (Wildman–Crippen LogP) is 1.09. The molecule has 0 fully saturated rings. The molecule has 0 unspecified atom stereocenters. The normalized spacial score (nSPS) is 10.8. The molecule has 2 heterocycles. The zero-order chi connectivity index (χ0) is 11.7. The van der Waals surface area contributed by atoms with E-state index in [1.54, 1.807) is 4.57 Å². The van der Waals surface area contributed by atoms with Crippen molar-refractivity contribution < 1.29 is 9.90 Å². The third-order valence-electron chi connectivity index (χ3n) is 2.20. The fraction of sp³-hybridized carbons (Fsp3) is 0.222. The van der Waals surface area contributed by atoms with E-state index in [9.17, 15) is 4.79 Å². The van der Waals surface area contributed by atoms with Crippen LogP contribution in [0.25, 0.3) is 11.0 Å². The Hall–Kier alpha value is -1.38. The van der Waals surface area contributed by atoms with Crippen LogP contribution in [-0.4, -0.2) is 25.6 Å². The highest BCUT2D eigenvalue weighted by molar-refractivity contribution is 14.1. The van der Waals surface area contributed by atoms with Crippen LogP contribution < -0.4 is 5.73 Å². The van der Waals surface area contributed by atoms with Gasteiger partial charge in [0.25, 0.3) is 0 Å². The molecule has 2 rings (SSSR count). The summed E-state index contributed by atoms with van der Waals surface area (Å²) in [4.78, 5) is 18.5. The van der Waals surface area contributed by atoms with Crippen molar-refractivity contribution in [2.45, 2.75) is 13.0 Å². The average molecular weight is 332 g/mol. The Labute approximate surface area is 105 Å². The number of rotatable bonds is 3. The molecule has 0 bridgehead atoms. The number of nitrogens with two attached hydrogens (primary N) is 1. The molecular formula is C9H9IN4O2. The topological polar surface area (TPSA) is 94.0 Å². The Morgan fingerprint density at radius 3 is 3.00 bits per heavy atom. The SMILES string of the molecule is Nc1ncnc2c1c(I)cn2CCC(=O)O. The van der Waals surface area contributed by atoms with Crippen molar-refractivity contribution in [1.29, 1.82) is 0 Å². The number of aryl methyl sites for hydroxylation is 1. The Kier molecular flexibility index (Phi) is 2.95.